The molecule has 2 rings (SSSR count). The Balaban J connectivity index is 1.73. The van der Waals surface area contributed by atoms with Gasteiger partial charge in [-0.1, -0.05) is 30.5 Å². The first kappa shape index (κ1) is 13.9. The summed E-state index contributed by atoms with van der Waals surface area (Å²) in [4.78, 5) is 11.9. The molecule has 1 fully saturated rings. The van der Waals surface area contributed by atoms with Crippen LogP contribution < -0.4 is 10.1 Å². The Morgan fingerprint density at radius 3 is 2.58 bits per heavy atom. The number of amides is 1. The van der Waals surface area contributed by atoms with Gasteiger partial charge in [0.1, 0.15) is 12.4 Å². The van der Waals surface area contributed by atoms with Gasteiger partial charge in [-0.2, -0.15) is 0 Å². The molecule has 3 nitrogen and oxygen atoms in total. The third-order valence-electron chi connectivity index (χ3n) is 3.64. The molecule has 0 spiro atoms. The van der Waals surface area contributed by atoms with Crippen LogP contribution in [-0.4, -0.2) is 18.6 Å². The smallest absolute Gasteiger partial charge is 0.223 e. The Morgan fingerprint density at radius 1 is 1.32 bits per heavy atom. The maximum absolute atomic E-state index is 11.9. The van der Waals surface area contributed by atoms with Crippen molar-refractivity contribution in [3.8, 4) is 5.75 Å². The highest BCUT2D eigenvalue weighted by Gasteiger charge is 2.23. The molecule has 0 bridgehead atoms. The molecule has 1 aromatic rings. The number of ether oxygens (including phenoxy) is 1. The minimum Gasteiger partial charge on any atom is -0.491 e. The van der Waals surface area contributed by atoms with E-state index < -0.39 is 0 Å². The van der Waals surface area contributed by atoms with Crippen LogP contribution in [0.5, 0.6) is 5.75 Å². The Hall–Kier alpha value is -1.51. The molecule has 0 saturated heterocycles. The summed E-state index contributed by atoms with van der Waals surface area (Å²) in [6.07, 6.45) is 4.45. The molecule has 19 heavy (non-hydrogen) atoms. The number of carbonyl (C=O) groups is 1. The van der Waals surface area contributed by atoms with Gasteiger partial charge in [-0.15, -0.1) is 0 Å². The highest BCUT2D eigenvalue weighted by Crippen LogP contribution is 2.24. The van der Waals surface area contributed by atoms with Crippen LogP contribution in [0.1, 0.15) is 38.2 Å². The fourth-order valence-corrected chi connectivity index (χ4v) is 2.45. The summed E-state index contributed by atoms with van der Waals surface area (Å²) in [6.45, 7) is 4.55. The van der Waals surface area contributed by atoms with Crippen molar-refractivity contribution < 1.29 is 9.53 Å². The monoisotopic (exact) mass is 261 g/mol. The first-order valence-corrected chi connectivity index (χ1v) is 7.15. The van der Waals surface area contributed by atoms with Crippen molar-refractivity contribution >= 4 is 5.91 Å². The number of aryl methyl sites for hydroxylation is 1. The van der Waals surface area contributed by atoms with E-state index in [1.54, 1.807) is 0 Å². The zero-order valence-electron chi connectivity index (χ0n) is 11.8. The maximum atomic E-state index is 11.9. The van der Waals surface area contributed by atoms with Gasteiger partial charge < -0.3 is 10.1 Å². The summed E-state index contributed by atoms with van der Waals surface area (Å²) < 4.78 is 5.67. The van der Waals surface area contributed by atoms with Crippen molar-refractivity contribution in [1.29, 1.82) is 0 Å². The zero-order valence-corrected chi connectivity index (χ0v) is 11.8. The molecular formula is C16H23NO2. The van der Waals surface area contributed by atoms with E-state index in [1.807, 2.05) is 38.1 Å². The molecule has 3 heteroatoms. The largest absolute Gasteiger partial charge is 0.491 e. The lowest BCUT2D eigenvalue weighted by atomic mass is 10.1. The van der Waals surface area contributed by atoms with Gasteiger partial charge in [0.25, 0.3) is 0 Å². The Morgan fingerprint density at radius 2 is 1.95 bits per heavy atom. The molecule has 0 unspecified atom stereocenters. The van der Waals surface area contributed by atoms with Gasteiger partial charge in [-0.05, 0) is 38.8 Å². The standard InChI is InChI=1S/C16H23NO2/c1-12-7-9-15(10-8-12)19-11-13(2)17-16(18)14-5-3-4-6-14/h7-10,13-14H,3-6,11H2,1-2H3,(H,17,18)/t13-/m0/s1. The summed E-state index contributed by atoms with van der Waals surface area (Å²) >= 11 is 0. The highest BCUT2D eigenvalue weighted by atomic mass is 16.5. The summed E-state index contributed by atoms with van der Waals surface area (Å²) in [5, 5.41) is 3.04. The molecule has 1 aliphatic carbocycles. The third-order valence-corrected chi connectivity index (χ3v) is 3.64. The maximum Gasteiger partial charge on any atom is 0.223 e. The first-order valence-electron chi connectivity index (χ1n) is 7.15. The van der Waals surface area contributed by atoms with Crippen LogP contribution in [0.4, 0.5) is 0 Å². The van der Waals surface area contributed by atoms with Crippen LogP contribution >= 0.6 is 0 Å². The van der Waals surface area contributed by atoms with Crippen molar-refractivity contribution in [2.24, 2.45) is 5.92 Å². The number of nitrogens with one attached hydrogen (secondary N) is 1. The normalized spacial score (nSPS) is 17.2. The van der Waals surface area contributed by atoms with Gasteiger partial charge in [-0.25, -0.2) is 0 Å². The fraction of sp³-hybridized carbons (Fsp3) is 0.562. The van der Waals surface area contributed by atoms with Crippen LogP contribution in [0.15, 0.2) is 24.3 Å². The van der Waals surface area contributed by atoms with Gasteiger partial charge in [0, 0.05) is 5.92 Å². The minimum absolute atomic E-state index is 0.0504. The van der Waals surface area contributed by atoms with Crippen LogP contribution in [0.2, 0.25) is 0 Å². The number of carbonyl (C=O) groups excluding carboxylic acids is 1. The van der Waals surface area contributed by atoms with E-state index in [4.69, 9.17) is 4.74 Å². The molecule has 1 N–H and O–H groups in total. The summed E-state index contributed by atoms with van der Waals surface area (Å²) in [5.41, 5.74) is 1.22. The molecule has 1 saturated carbocycles. The number of benzene rings is 1. The molecular weight excluding hydrogens is 238 g/mol. The van der Waals surface area contributed by atoms with Gasteiger partial charge in [0.2, 0.25) is 5.91 Å². The predicted molar refractivity (Wildman–Crippen MR) is 76.2 cm³/mol. The molecule has 0 heterocycles. The van der Waals surface area contributed by atoms with Crippen molar-refractivity contribution in [2.45, 2.75) is 45.6 Å². The lowest BCUT2D eigenvalue weighted by Gasteiger charge is -2.17. The van der Waals surface area contributed by atoms with Crippen molar-refractivity contribution in [1.82, 2.24) is 5.32 Å². The molecule has 1 aromatic carbocycles. The predicted octanol–water partition coefficient (Wildman–Crippen LogP) is 3.07. The van der Waals surface area contributed by atoms with E-state index in [-0.39, 0.29) is 17.9 Å². The molecule has 0 radical (unpaired) electrons. The molecule has 1 aliphatic rings. The van der Waals surface area contributed by atoms with Gasteiger partial charge in [0.05, 0.1) is 6.04 Å². The van der Waals surface area contributed by atoms with Crippen molar-refractivity contribution in [3.63, 3.8) is 0 Å². The molecule has 0 aromatic heterocycles. The van der Waals surface area contributed by atoms with E-state index in [9.17, 15) is 4.79 Å². The second-order valence-electron chi connectivity index (χ2n) is 5.52. The first-order chi connectivity index (χ1) is 9.15. The van der Waals surface area contributed by atoms with E-state index in [1.165, 1.54) is 18.4 Å². The summed E-state index contributed by atoms with van der Waals surface area (Å²) in [7, 11) is 0. The lowest BCUT2D eigenvalue weighted by molar-refractivity contribution is -0.125. The van der Waals surface area contributed by atoms with Gasteiger partial charge in [0.15, 0.2) is 0 Å². The van der Waals surface area contributed by atoms with E-state index in [2.05, 4.69) is 5.32 Å². The average Bonchev–Trinajstić information content (AvgIpc) is 2.92. The molecule has 1 amide bonds. The van der Waals surface area contributed by atoms with Crippen molar-refractivity contribution in [3.05, 3.63) is 29.8 Å². The van der Waals surface area contributed by atoms with Crippen molar-refractivity contribution in [2.75, 3.05) is 6.61 Å². The Bertz CT molecular complexity index is 407. The third kappa shape index (κ3) is 4.27. The zero-order chi connectivity index (χ0) is 13.7. The summed E-state index contributed by atoms with van der Waals surface area (Å²) in [6, 6.07) is 8.02. The quantitative estimate of drug-likeness (QED) is 0.884. The Kier molecular flexibility index (Phi) is 4.83. The molecule has 104 valence electrons. The fourth-order valence-electron chi connectivity index (χ4n) is 2.45. The number of rotatable bonds is 5. The summed E-state index contributed by atoms with van der Waals surface area (Å²) in [5.74, 6) is 1.27. The molecule has 0 aliphatic heterocycles. The lowest BCUT2D eigenvalue weighted by Crippen LogP contribution is -2.39. The van der Waals surface area contributed by atoms with E-state index >= 15 is 0 Å². The topological polar surface area (TPSA) is 38.3 Å². The van der Waals surface area contributed by atoms with Crippen LogP contribution in [0.25, 0.3) is 0 Å². The second-order valence-corrected chi connectivity index (χ2v) is 5.52. The number of hydrogen-bond donors (Lipinski definition) is 1. The Labute approximate surface area is 115 Å². The SMILES string of the molecule is Cc1ccc(OC[C@H](C)NC(=O)C2CCCC2)cc1. The van der Waals surface area contributed by atoms with Gasteiger partial charge >= 0.3 is 0 Å². The molecule has 1 atom stereocenters. The van der Waals surface area contributed by atoms with E-state index in [0.29, 0.717) is 6.61 Å². The number of hydrogen-bond acceptors (Lipinski definition) is 2. The van der Waals surface area contributed by atoms with E-state index in [0.717, 1.165) is 18.6 Å². The van der Waals surface area contributed by atoms with Crippen LogP contribution in [0.3, 0.4) is 0 Å². The average molecular weight is 261 g/mol. The highest BCUT2D eigenvalue weighted by molar-refractivity contribution is 5.79. The second kappa shape index (κ2) is 6.60. The van der Waals surface area contributed by atoms with Crippen LogP contribution in [0, 0.1) is 12.8 Å². The van der Waals surface area contributed by atoms with Crippen LogP contribution in [-0.2, 0) is 4.79 Å². The minimum atomic E-state index is 0.0504. The van der Waals surface area contributed by atoms with Gasteiger partial charge in [-0.3, -0.25) is 4.79 Å².